The van der Waals surface area contributed by atoms with Gasteiger partial charge in [0.25, 0.3) is 5.91 Å². The van der Waals surface area contributed by atoms with E-state index >= 15 is 0 Å². The first-order chi connectivity index (χ1) is 8.06. The molecular formula is C11H8BrClN2O2. The van der Waals surface area contributed by atoms with Gasteiger partial charge in [0.1, 0.15) is 5.76 Å². The quantitative estimate of drug-likeness (QED) is 0.920. The number of carbonyl (C=O) groups excluding carboxylic acids is 1. The van der Waals surface area contributed by atoms with E-state index in [2.05, 4.69) is 26.4 Å². The predicted octanol–water partition coefficient (Wildman–Crippen LogP) is 3.65. The molecule has 6 heteroatoms. The lowest BCUT2D eigenvalue weighted by Crippen LogP contribution is -2.11. The van der Waals surface area contributed by atoms with Gasteiger partial charge in [-0.25, -0.2) is 0 Å². The van der Waals surface area contributed by atoms with Gasteiger partial charge in [-0.05, 0) is 41.1 Å². The van der Waals surface area contributed by atoms with Crippen LogP contribution in [0.4, 0.5) is 5.82 Å². The molecular weight excluding hydrogens is 307 g/mol. The first-order valence-electron chi connectivity index (χ1n) is 4.76. The molecule has 0 saturated carbocycles. The Morgan fingerprint density at radius 2 is 2.24 bits per heavy atom. The maximum atomic E-state index is 11.8. The zero-order chi connectivity index (χ0) is 12.4. The highest BCUT2D eigenvalue weighted by Gasteiger charge is 2.10. The fourth-order valence-corrected chi connectivity index (χ4v) is 1.75. The molecule has 1 N–H and O–H groups in total. The van der Waals surface area contributed by atoms with Crippen molar-refractivity contribution in [2.24, 2.45) is 0 Å². The van der Waals surface area contributed by atoms with Gasteiger partial charge in [-0.2, -0.15) is 0 Å². The van der Waals surface area contributed by atoms with Crippen LogP contribution in [0.2, 0.25) is 5.02 Å². The molecule has 0 radical (unpaired) electrons. The van der Waals surface area contributed by atoms with E-state index in [0.29, 0.717) is 26.6 Å². The number of carbonyl (C=O) groups is 1. The van der Waals surface area contributed by atoms with Gasteiger partial charge in [0.05, 0.1) is 5.02 Å². The van der Waals surface area contributed by atoms with Gasteiger partial charge in [0.2, 0.25) is 0 Å². The Labute approximate surface area is 111 Å². The summed E-state index contributed by atoms with van der Waals surface area (Å²) in [4.78, 5) is 11.8. The highest BCUT2D eigenvalue weighted by atomic mass is 79.9. The van der Waals surface area contributed by atoms with Crippen LogP contribution in [0.1, 0.15) is 16.1 Å². The smallest absolute Gasteiger partial charge is 0.256 e. The van der Waals surface area contributed by atoms with Crippen molar-refractivity contribution < 1.29 is 9.32 Å². The summed E-state index contributed by atoms with van der Waals surface area (Å²) >= 11 is 9.10. The molecule has 4 nitrogen and oxygen atoms in total. The molecule has 88 valence electrons. The van der Waals surface area contributed by atoms with Crippen molar-refractivity contribution in [3.05, 3.63) is 45.1 Å². The van der Waals surface area contributed by atoms with E-state index in [1.54, 1.807) is 31.2 Å². The van der Waals surface area contributed by atoms with E-state index in [0.717, 1.165) is 0 Å². The van der Waals surface area contributed by atoms with E-state index in [4.69, 9.17) is 16.1 Å². The molecule has 0 spiro atoms. The Hall–Kier alpha value is -1.33. The lowest BCUT2D eigenvalue weighted by atomic mass is 10.2. The number of halogens is 2. The maximum Gasteiger partial charge on any atom is 0.256 e. The van der Waals surface area contributed by atoms with Crippen molar-refractivity contribution in [3.63, 3.8) is 0 Å². The second-order valence-corrected chi connectivity index (χ2v) is 4.67. The van der Waals surface area contributed by atoms with E-state index in [9.17, 15) is 4.79 Å². The molecule has 2 aromatic rings. The van der Waals surface area contributed by atoms with Gasteiger partial charge < -0.3 is 9.84 Å². The Kier molecular flexibility index (Phi) is 3.49. The highest BCUT2D eigenvalue weighted by molar-refractivity contribution is 9.10. The number of nitrogens with zero attached hydrogens (tertiary/aromatic N) is 1. The van der Waals surface area contributed by atoms with E-state index in [1.165, 1.54) is 0 Å². The van der Waals surface area contributed by atoms with Crippen LogP contribution >= 0.6 is 27.5 Å². The maximum absolute atomic E-state index is 11.8. The third-order valence-electron chi connectivity index (χ3n) is 2.05. The normalized spacial score (nSPS) is 10.3. The number of aromatic nitrogens is 1. The summed E-state index contributed by atoms with van der Waals surface area (Å²) < 4.78 is 5.52. The Morgan fingerprint density at radius 3 is 2.82 bits per heavy atom. The fraction of sp³-hybridized carbons (Fsp3) is 0.0909. The van der Waals surface area contributed by atoms with Crippen LogP contribution in [0.3, 0.4) is 0 Å². The highest BCUT2D eigenvalue weighted by Crippen LogP contribution is 2.23. The third kappa shape index (κ3) is 2.87. The topological polar surface area (TPSA) is 55.1 Å². The van der Waals surface area contributed by atoms with Gasteiger partial charge >= 0.3 is 0 Å². The van der Waals surface area contributed by atoms with Crippen LogP contribution in [-0.2, 0) is 0 Å². The van der Waals surface area contributed by atoms with Crippen LogP contribution in [0.25, 0.3) is 0 Å². The number of hydrogen-bond donors (Lipinski definition) is 1. The van der Waals surface area contributed by atoms with Crippen LogP contribution in [0.15, 0.2) is 33.3 Å². The number of amides is 1. The zero-order valence-electron chi connectivity index (χ0n) is 8.83. The summed E-state index contributed by atoms with van der Waals surface area (Å²) in [6, 6.07) is 6.57. The van der Waals surface area contributed by atoms with Crippen LogP contribution in [0, 0.1) is 6.92 Å². The first-order valence-corrected chi connectivity index (χ1v) is 5.93. The van der Waals surface area contributed by atoms with Crippen molar-refractivity contribution in [2.75, 3.05) is 5.32 Å². The fourth-order valence-electron chi connectivity index (χ4n) is 1.25. The lowest BCUT2D eigenvalue weighted by Gasteiger charge is -2.02. The molecule has 1 aromatic carbocycles. The molecule has 0 aliphatic heterocycles. The molecule has 17 heavy (non-hydrogen) atoms. The van der Waals surface area contributed by atoms with E-state index in [1.807, 2.05) is 0 Å². The number of hydrogen-bond acceptors (Lipinski definition) is 3. The van der Waals surface area contributed by atoms with Gasteiger partial charge in [-0.15, -0.1) is 0 Å². The largest absolute Gasteiger partial charge is 0.360 e. The lowest BCUT2D eigenvalue weighted by molar-refractivity contribution is 0.102. The molecule has 2 rings (SSSR count). The van der Waals surface area contributed by atoms with Gasteiger partial charge in [-0.3, -0.25) is 4.79 Å². The van der Waals surface area contributed by atoms with Crippen LogP contribution in [-0.4, -0.2) is 11.1 Å². The predicted molar refractivity (Wildman–Crippen MR) is 68.3 cm³/mol. The molecule has 1 heterocycles. The number of nitrogens with one attached hydrogen (secondary N) is 1. The molecule has 0 aliphatic carbocycles. The van der Waals surface area contributed by atoms with Crippen molar-refractivity contribution >= 4 is 39.3 Å². The SMILES string of the molecule is Cc1cc(NC(=O)c2ccc(Cl)c(Br)c2)no1. The van der Waals surface area contributed by atoms with Crippen molar-refractivity contribution in [2.45, 2.75) is 6.92 Å². The van der Waals surface area contributed by atoms with Crippen molar-refractivity contribution in [1.29, 1.82) is 0 Å². The second-order valence-electron chi connectivity index (χ2n) is 3.41. The Bertz CT molecular complexity index is 568. The standard InChI is InChI=1S/C11H8BrClN2O2/c1-6-4-10(15-17-6)14-11(16)7-2-3-9(13)8(12)5-7/h2-5H,1H3,(H,14,15,16). The molecule has 0 saturated heterocycles. The van der Waals surface area contributed by atoms with Crippen LogP contribution in [0.5, 0.6) is 0 Å². The van der Waals surface area contributed by atoms with Gasteiger partial charge in [0, 0.05) is 16.1 Å². The minimum atomic E-state index is -0.268. The molecule has 1 amide bonds. The molecule has 0 fully saturated rings. The average Bonchev–Trinajstić information content (AvgIpc) is 2.68. The molecule has 0 bridgehead atoms. The number of anilines is 1. The molecule has 0 aliphatic rings. The van der Waals surface area contributed by atoms with E-state index in [-0.39, 0.29) is 5.91 Å². The number of benzene rings is 1. The summed E-state index contributed by atoms with van der Waals surface area (Å²) in [5.74, 6) is 0.756. The summed E-state index contributed by atoms with van der Waals surface area (Å²) in [5.41, 5.74) is 0.488. The average molecular weight is 316 g/mol. The third-order valence-corrected chi connectivity index (χ3v) is 3.27. The minimum Gasteiger partial charge on any atom is -0.360 e. The summed E-state index contributed by atoms with van der Waals surface area (Å²) in [5, 5.41) is 6.85. The zero-order valence-corrected chi connectivity index (χ0v) is 11.2. The monoisotopic (exact) mass is 314 g/mol. The molecule has 1 aromatic heterocycles. The van der Waals surface area contributed by atoms with Gasteiger partial charge in [-0.1, -0.05) is 16.8 Å². The summed E-state index contributed by atoms with van der Waals surface area (Å²) in [6.07, 6.45) is 0. The van der Waals surface area contributed by atoms with Crippen molar-refractivity contribution in [3.8, 4) is 0 Å². The second kappa shape index (κ2) is 4.89. The van der Waals surface area contributed by atoms with Crippen LogP contribution < -0.4 is 5.32 Å². The van der Waals surface area contributed by atoms with Crippen molar-refractivity contribution in [1.82, 2.24) is 5.16 Å². The minimum absolute atomic E-state index is 0.268. The van der Waals surface area contributed by atoms with Gasteiger partial charge in [0.15, 0.2) is 5.82 Å². The summed E-state index contributed by atoms with van der Waals surface area (Å²) in [7, 11) is 0. The Morgan fingerprint density at radius 1 is 1.47 bits per heavy atom. The Balaban J connectivity index is 2.17. The first kappa shape index (κ1) is 12.1. The number of rotatable bonds is 2. The van der Waals surface area contributed by atoms with E-state index < -0.39 is 0 Å². The molecule has 0 unspecified atom stereocenters. The molecule has 0 atom stereocenters. The number of aryl methyl sites for hydroxylation is 1. The summed E-state index contributed by atoms with van der Waals surface area (Å²) in [6.45, 7) is 1.75.